The molecule has 162 valence electrons. The molecule has 1 fully saturated rings. The number of ether oxygens (including phenoxy) is 2. The van der Waals surface area contributed by atoms with Crippen LogP contribution in [-0.2, 0) is 16.1 Å². The minimum atomic E-state index is -0.402. The van der Waals surface area contributed by atoms with Crippen molar-refractivity contribution in [3.05, 3.63) is 51.7 Å². The number of amides is 1. The number of unbranched alkanes of at least 4 members (excludes halogenated alkanes) is 2. The first-order chi connectivity index (χ1) is 14.7. The molecule has 1 aliphatic heterocycles. The van der Waals surface area contributed by atoms with Gasteiger partial charge in [-0.05, 0) is 36.2 Å². The number of benzene rings is 1. The van der Waals surface area contributed by atoms with Gasteiger partial charge in [0.1, 0.15) is 6.61 Å². The van der Waals surface area contributed by atoms with Crippen molar-refractivity contribution in [1.29, 1.82) is 0 Å². The molecular formula is C23H28FNO4S. The average molecular weight is 434 g/mol. The summed E-state index contributed by atoms with van der Waals surface area (Å²) in [5.74, 6) is -0.0997. The number of rotatable bonds is 12. The number of cyclic esters (lactones) is 1. The molecule has 0 aliphatic carbocycles. The van der Waals surface area contributed by atoms with Gasteiger partial charge in [-0.2, -0.15) is 0 Å². The molecule has 1 aromatic heterocycles. The van der Waals surface area contributed by atoms with Crippen molar-refractivity contribution >= 4 is 29.4 Å². The molecule has 1 saturated heterocycles. The number of aldehydes is 1. The topological polar surface area (TPSA) is 55.8 Å². The second kappa shape index (κ2) is 11.2. The largest absolute Gasteiger partial charge is 0.447 e. The van der Waals surface area contributed by atoms with Crippen LogP contribution in [0.4, 0.5) is 14.9 Å². The highest BCUT2D eigenvalue weighted by Gasteiger charge is 2.34. The predicted molar refractivity (Wildman–Crippen MR) is 116 cm³/mol. The quantitative estimate of drug-likeness (QED) is 0.317. The molecule has 7 heteroatoms. The number of halogens is 1. The number of hydrogen-bond acceptors (Lipinski definition) is 5. The summed E-state index contributed by atoms with van der Waals surface area (Å²) in [6, 6.07) is 10.9. The van der Waals surface area contributed by atoms with Gasteiger partial charge in [0.25, 0.3) is 0 Å². The van der Waals surface area contributed by atoms with E-state index in [1.807, 2.05) is 30.3 Å². The number of thiophene rings is 1. The number of anilines is 1. The lowest BCUT2D eigenvalue weighted by Crippen LogP contribution is -2.36. The Labute approximate surface area is 180 Å². The van der Waals surface area contributed by atoms with Gasteiger partial charge >= 0.3 is 6.09 Å². The normalized spacial score (nSPS) is 17.2. The third-order valence-corrected chi connectivity index (χ3v) is 6.28. The first-order valence-electron chi connectivity index (χ1n) is 10.4. The van der Waals surface area contributed by atoms with Crippen LogP contribution in [-0.4, -0.2) is 38.3 Å². The van der Waals surface area contributed by atoms with E-state index >= 15 is 0 Å². The fourth-order valence-corrected chi connectivity index (χ4v) is 4.38. The van der Waals surface area contributed by atoms with E-state index in [0.717, 1.165) is 48.1 Å². The Balaban J connectivity index is 1.59. The SMILES string of the molecule is CCCCC[C@@H](CF)c1ccc(N2C(=O)OC[C@@H]2COCc2ccc(C=O)s2)cc1. The maximum absolute atomic E-state index is 13.5. The summed E-state index contributed by atoms with van der Waals surface area (Å²) in [5, 5.41) is 0. The standard InChI is InChI=1S/C23H28FNO4S/c1-2-3-4-5-18(12-24)17-6-8-19(9-7-17)25-20(15-29-23(25)27)14-28-16-22-11-10-21(13-26)30-22/h6-11,13,18,20H,2-5,12,14-16H2,1H3/t18-,20-/m0/s1. The second-order valence-electron chi connectivity index (χ2n) is 7.48. The van der Waals surface area contributed by atoms with E-state index < -0.39 is 6.09 Å². The van der Waals surface area contributed by atoms with Gasteiger partial charge < -0.3 is 9.47 Å². The van der Waals surface area contributed by atoms with Gasteiger partial charge in [-0.15, -0.1) is 11.3 Å². The molecule has 0 spiro atoms. The highest BCUT2D eigenvalue weighted by Crippen LogP contribution is 2.28. The zero-order valence-electron chi connectivity index (χ0n) is 17.2. The van der Waals surface area contributed by atoms with E-state index in [2.05, 4.69) is 6.92 Å². The lowest BCUT2D eigenvalue weighted by atomic mass is 9.94. The van der Waals surface area contributed by atoms with Crippen molar-refractivity contribution < 1.29 is 23.5 Å². The summed E-state index contributed by atoms with van der Waals surface area (Å²) < 4.78 is 24.5. The number of alkyl halides is 1. The van der Waals surface area contributed by atoms with E-state index in [-0.39, 0.29) is 25.2 Å². The van der Waals surface area contributed by atoms with Gasteiger partial charge in [-0.1, -0.05) is 38.3 Å². The first kappa shape index (κ1) is 22.4. The fraction of sp³-hybridized carbons (Fsp3) is 0.478. The van der Waals surface area contributed by atoms with Crippen LogP contribution in [0.2, 0.25) is 0 Å². The Morgan fingerprint density at radius 3 is 2.73 bits per heavy atom. The predicted octanol–water partition coefficient (Wildman–Crippen LogP) is 5.74. The molecule has 5 nitrogen and oxygen atoms in total. The summed E-state index contributed by atoms with van der Waals surface area (Å²) in [6.45, 7) is 2.73. The minimum Gasteiger partial charge on any atom is -0.447 e. The van der Waals surface area contributed by atoms with Crippen LogP contribution in [0, 0.1) is 0 Å². The van der Waals surface area contributed by atoms with Gasteiger partial charge in [0.15, 0.2) is 6.29 Å². The van der Waals surface area contributed by atoms with Gasteiger partial charge in [-0.25, -0.2) is 4.79 Å². The highest BCUT2D eigenvalue weighted by atomic mass is 32.1. The van der Waals surface area contributed by atoms with Crippen LogP contribution in [0.1, 0.15) is 58.6 Å². The van der Waals surface area contributed by atoms with Crippen LogP contribution in [0.25, 0.3) is 0 Å². The van der Waals surface area contributed by atoms with Crippen molar-refractivity contribution in [2.24, 2.45) is 0 Å². The van der Waals surface area contributed by atoms with Crippen LogP contribution in [0.5, 0.6) is 0 Å². The number of carbonyl (C=O) groups excluding carboxylic acids is 2. The zero-order chi connectivity index (χ0) is 21.3. The Kier molecular flexibility index (Phi) is 8.39. The van der Waals surface area contributed by atoms with Crippen molar-refractivity contribution in [3.63, 3.8) is 0 Å². The maximum Gasteiger partial charge on any atom is 0.414 e. The van der Waals surface area contributed by atoms with E-state index in [9.17, 15) is 14.0 Å². The molecule has 0 radical (unpaired) electrons. The lowest BCUT2D eigenvalue weighted by molar-refractivity contribution is 0.103. The van der Waals surface area contributed by atoms with Crippen molar-refractivity contribution in [2.75, 3.05) is 24.8 Å². The third-order valence-electron chi connectivity index (χ3n) is 5.30. The van der Waals surface area contributed by atoms with Crippen molar-refractivity contribution in [1.82, 2.24) is 0 Å². The second-order valence-corrected chi connectivity index (χ2v) is 8.68. The highest BCUT2D eigenvalue weighted by molar-refractivity contribution is 7.13. The first-order valence-corrected chi connectivity index (χ1v) is 11.2. The lowest BCUT2D eigenvalue weighted by Gasteiger charge is -2.22. The van der Waals surface area contributed by atoms with Crippen LogP contribution in [0.3, 0.4) is 0 Å². The summed E-state index contributed by atoms with van der Waals surface area (Å²) in [4.78, 5) is 26.3. The van der Waals surface area contributed by atoms with Crippen molar-refractivity contribution in [2.45, 2.75) is 51.2 Å². The van der Waals surface area contributed by atoms with Crippen LogP contribution in [0.15, 0.2) is 36.4 Å². The Morgan fingerprint density at radius 1 is 1.27 bits per heavy atom. The maximum atomic E-state index is 13.5. The molecule has 30 heavy (non-hydrogen) atoms. The summed E-state index contributed by atoms with van der Waals surface area (Å²) in [7, 11) is 0. The molecule has 0 saturated carbocycles. The minimum absolute atomic E-state index is 0.0997. The van der Waals surface area contributed by atoms with Gasteiger partial charge in [0, 0.05) is 16.5 Å². The molecule has 2 atom stereocenters. The molecule has 1 aromatic carbocycles. The Morgan fingerprint density at radius 2 is 2.07 bits per heavy atom. The van der Waals surface area contributed by atoms with E-state index in [1.54, 1.807) is 11.0 Å². The molecule has 0 bridgehead atoms. The smallest absolute Gasteiger partial charge is 0.414 e. The molecule has 0 unspecified atom stereocenters. The third kappa shape index (κ3) is 5.67. The van der Waals surface area contributed by atoms with Gasteiger partial charge in [-0.3, -0.25) is 14.1 Å². The average Bonchev–Trinajstić information content (AvgIpc) is 3.38. The van der Waals surface area contributed by atoms with E-state index in [0.29, 0.717) is 18.1 Å². The van der Waals surface area contributed by atoms with E-state index in [1.165, 1.54) is 11.3 Å². The van der Waals surface area contributed by atoms with Crippen LogP contribution < -0.4 is 4.90 Å². The molecule has 1 amide bonds. The summed E-state index contributed by atoms with van der Waals surface area (Å²) >= 11 is 1.39. The Hall–Kier alpha value is -2.25. The monoisotopic (exact) mass is 433 g/mol. The number of hydrogen-bond donors (Lipinski definition) is 0. The number of nitrogens with zero attached hydrogens (tertiary/aromatic N) is 1. The molecule has 2 aromatic rings. The van der Waals surface area contributed by atoms with Crippen LogP contribution >= 0.6 is 11.3 Å². The van der Waals surface area contributed by atoms with Crippen molar-refractivity contribution in [3.8, 4) is 0 Å². The zero-order valence-corrected chi connectivity index (χ0v) is 18.0. The number of carbonyl (C=O) groups is 2. The Bertz CT molecular complexity index is 823. The summed E-state index contributed by atoms with van der Waals surface area (Å²) in [6.07, 6.45) is 4.49. The fourth-order valence-electron chi connectivity index (χ4n) is 3.61. The van der Waals surface area contributed by atoms with Gasteiger partial charge in [0.05, 0.1) is 30.8 Å². The van der Waals surface area contributed by atoms with Gasteiger partial charge in [0.2, 0.25) is 0 Å². The van der Waals surface area contributed by atoms with E-state index in [4.69, 9.17) is 9.47 Å². The molecule has 1 aliphatic rings. The molecular weight excluding hydrogens is 405 g/mol. The molecule has 2 heterocycles. The molecule has 3 rings (SSSR count). The molecule has 0 N–H and O–H groups in total. The summed E-state index contributed by atoms with van der Waals surface area (Å²) in [5.41, 5.74) is 1.68.